The first-order valence-corrected chi connectivity index (χ1v) is 4.62. The summed E-state index contributed by atoms with van der Waals surface area (Å²) in [5, 5.41) is 0.414. The van der Waals surface area contributed by atoms with E-state index in [4.69, 9.17) is 17.3 Å². The smallest absolute Gasteiger partial charge is 0.220 e. The molecule has 0 unspecified atom stereocenters. The monoisotopic (exact) mass is 199 g/mol. The molecular formula is C7H11AlClN3. The molecule has 1 aromatic rings. The van der Waals surface area contributed by atoms with E-state index < -0.39 is 0 Å². The standard InChI is InChI=1S/C5H5ClN3.C2H6.Al/c1-3-2-8-5(7)9-4(3)6;1-2;/h1H3,(H2,7,8,9);1-2H3;. The summed E-state index contributed by atoms with van der Waals surface area (Å²) in [6, 6.07) is 0. The van der Waals surface area contributed by atoms with Crippen molar-refractivity contribution in [2.75, 3.05) is 5.73 Å². The first-order chi connectivity index (χ1) is 5.61. The lowest BCUT2D eigenvalue weighted by Gasteiger charge is -2.01. The fraction of sp³-hybridized carbons (Fsp3) is 0.429. The highest BCUT2D eigenvalue weighted by Gasteiger charge is 2.00. The van der Waals surface area contributed by atoms with Crippen molar-refractivity contribution in [1.82, 2.24) is 9.97 Å². The van der Waals surface area contributed by atoms with Gasteiger partial charge in [-0.1, -0.05) is 25.4 Å². The van der Waals surface area contributed by atoms with Crippen molar-refractivity contribution in [2.45, 2.75) is 20.8 Å². The van der Waals surface area contributed by atoms with Crippen LogP contribution in [0.25, 0.3) is 0 Å². The molecule has 5 heteroatoms. The number of nitrogens with zero attached hydrogens (tertiary/aromatic N) is 2. The third kappa shape index (κ3) is 2.98. The molecule has 0 aliphatic rings. The van der Waals surface area contributed by atoms with Crippen LogP contribution in [0.4, 0.5) is 5.95 Å². The Morgan fingerprint density at radius 1 is 1.33 bits per heavy atom. The number of halogens is 1. The molecule has 0 bridgehead atoms. The van der Waals surface area contributed by atoms with Gasteiger partial charge in [-0.25, -0.2) is 9.97 Å². The van der Waals surface area contributed by atoms with Crippen LogP contribution in [0.15, 0.2) is 0 Å². The van der Waals surface area contributed by atoms with Gasteiger partial charge in [0, 0.05) is 0 Å². The van der Waals surface area contributed by atoms with E-state index in [9.17, 15) is 0 Å². The molecule has 0 atom stereocenters. The van der Waals surface area contributed by atoms with Crippen LogP contribution in [0.1, 0.15) is 19.4 Å². The Balaban J connectivity index is 0.000000561. The van der Waals surface area contributed by atoms with E-state index >= 15 is 0 Å². The first kappa shape index (κ1) is 11.7. The van der Waals surface area contributed by atoms with Crippen LogP contribution in [0.5, 0.6) is 0 Å². The van der Waals surface area contributed by atoms with Crippen LogP contribution in [-0.2, 0) is 0 Å². The summed E-state index contributed by atoms with van der Waals surface area (Å²) >= 11 is 8.11. The zero-order valence-corrected chi connectivity index (χ0v) is 9.34. The lowest BCUT2D eigenvalue weighted by atomic mass is 10.4. The van der Waals surface area contributed by atoms with Crippen molar-refractivity contribution in [1.29, 1.82) is 0 Å². The van der Waals surface area contributed by atoms with Gasteiger partial charge >= 0.3 is 0 Å². The number of hydrogen-bond acceptors (Lipinski definition) is 3. The average molecular weight is 200 g/mol. The van der Waals surface area contributed by atoms with Crippen molar-refractivity contribution in [3.63, 3.8) is 0 Å². The van der Waals surface area contributed by atoms with Crippen LogP contribution in [0.2, 0.25) is 5.15 Å². The predicted molar refractivity (Wildman–Crippen MR) is 52.9 cm³/mol. The molecule has 2 N–H and O–H groups in total. The summed E-state index contributed by atoms with van der Waals surface area (Å²) in [6.07, 6.45) is 0. The van der Waals surface area contributed by atoms with E-state index in [0.717, 1.165) is 10.1 Å². The second-order valence-corrected chi connectivity index (χ2v) is 2.79. The van der Waals surface area contributed by atoms with Gasteiger partial charge < -0.3 is 5.73 Å². The predicted octanol–water partition coefficient (Wildman–Crippen LogP) is 0.841. The third-order valence-corrected chi connectivity index (χ3v) is 2.07. The van der Waals surface area contributed by atoms with E-state index in [1.807, 2.05) is 20.8 Å². The third-order valence-electron chi connectivity index (χ3n) is 1.14. The van der Waals surface area contributed by atoms with Gasteiger partial charge in [0.15, 0.2) is 0 Å². The van der Waals surface area contributed by atoms with Gasteiger partial charge in [-0.05, 0) is 17.0 Å². The molecule has 3 nitrogen and oxygen atoms in total. The van der Waals surface area contributed by atoms with Crippen molar-refractivity contribution >= 4 is 38.4 Å². The van der Waals surface area contributed by atoms with E-state index in [0.29, 0.717) is 5.15 Å². The van der Waals surface area contributed by atoms with Crippen molar-refractivity contribution in [3.05, 3.63) is 10.7 Å². The topological polar surface area (TPSA) is 51.8 Å². The molecule has 2 radical (unpaired) electrons. The number of aromatic nitrogens is 2. The number of nitrogen functional groups attached to an aromatic ring is 1. The summed E-state index contributed by atoms with van der Waals surface area (Å²) in [5.41, 5.74) is 6.16. The minimum absolute atomic E-state index is 0.209. The Morgan fingerprint density at radius 2 is 1.83 bits per heavy atom. The fourth-order valence-corrected chi connectivity index (χ4v) is 1.07. The van der Waals surface area contributed by atoms with Gasteiger partial charge in [0.1, 0.15) is 5.15 Å². The molecule has 1 aromatic heterocycles. The quantitative estimate of drug-likeness (QED) is 0.498. The molecule has 0 aliphatic carbocycles. The average Bonchev–Trinajstić information content (AvgIpc) is 2.04. The molecule has 0 saturated heterocycles. The van der Waals surface area contributed by atoms with Crippen molar-refractivity contribution < 1.29 is 0 Å². The Hall–Kier alpha value is -0.298. The minimum Gasteiger partial charge on any atom is -0.368 e. The van der Waals surface area contributed by atoms with E-state index in [2.05, 4.69) is 26.3 Å². The second kappa shape index (κ2) is 5.37. The van der Waals surface area contributed by atoms with Gasteiger partial charge in [-0.15, -0.1) is 0 Å². The molecule has 0 amide bonds. The molecule has 1 rings (SSSR count). The molecule has 1 heterocycles. The van der Waals surface area contributed by atoms with Crippen LogP contribution >= 0.6 is 11.6 Å². The summed E-state index contributed by atoms with van der Waals surface area (Å²) in [7, 11) is 0. The molecule has 0 aliphatic heterocycles. The van der Waals surface area contributed by atoms with Gasteiger partial charge in [0.05, 0.1) is 0 Å². The maximum atomic E-state index is 5.67. The van der Waals surface area contributed by atoms with E-state index in [1.165, 1.54) is 0 Å². The number of rotatable bonds is 0. The van der Waals surface area contributed by atoms with Crippen LogP contribution in [0.3, 0.4) is 0 Å². The summed E-state index contributed by atoms with van der Waals surface area (Å²) in [5.74, 6) is 0.209. The maximum Gasteiger partial charge on any atom is 0.220 e. The van der Waals surface area contributed by atoms with Crippen LogP contribution < -0.4 is 10.3 Å². The van der Waals surface area contributed by atoms with Crippen molar-refractivity contribution in [3.8, 4) is 0 Å². The second-order valence-electron chi connectivity index (χ2n) is 1.88. The van der Waals surface area contributed by atoms with Crippen molar-refractivity contribution in [2.24, 2.45) is 0 Å². The van der Waals surface area contributed by atoms with Gasteiger partial charge in [0.25, 0.3) is 0 Å². The molecule has 64 valence electrons. The Morgan fingerprint density at radius 3 is 2.25 bits per heavy atom. The summed E-state index contributed by atoms with van der Waals surface area (Å²) in [6.45, 7) is 5.84. The molecule has 0 saturated carbocycles. The van der Waals surface area contributed by atoms with Crippen LogP contribution in [0, 0.1) is 6.92 Å². The minimum atomic E-state index is 0.209. The number of nitrogens with two attached hydrogens (primary N) is 1. The highest BCUT2D eigenvalue weighted by molar-refractivity contribution is 6.36. The van der Waals surface area contributed by atoms with Gasteiger partial charge in [-0.3, -0.25) is 0 Å². The highest BCUT2D eigenvalue weighted by atomic mass is 35.5. The lowest BCUT2D eigenvalue weighted by molar-refractivity contribution is 1.18. The normalized spacial score (nSPS) is 8.67. The van der Waals surface area contributed by atoms with E-state index in [-0.39, 0.29) is 5.95 Å². The molecule has 0 spiro atoms. The number of anilines is 1. The zero-order chi connectivity index (χ0) is 9.72. The Kier molecular flexibility index (Phi) is 5.23. The van der Waals surface area contributed by atoms with Crippen LogP contribution in [-0.4, -0.2) is 26.3 Å². The molecule has 0 aromatic carbocycles. The lowest BCUT2D eigenvalue weighted by Crippen LogP contribution is -2.16. The highest BCUT2D eigenvalue weighted by Crippen LogP contribution is 2.07. The molecule has 12 heavy (non-hydrogen) atoms. The fourth-order valence-electron chi connectivity index (χ4n) is 0.522. The largest absolute Gasteiger partial charge is 0.368 e. The SMILES string of the molecule is CC.Cc1[c]([Al])nc(N)nc1Cl. The van der Waals surface area contributed by atoms with Gasteiger partial charge in [-0.2, -0.15) is 0 Å². The summed E-state index contributed by atoms with van der Waals surface area (Å²) < 4.78 is 0.748. The first-order valence-electron chi connectivity index (χ1n) is 3.66. The number of hydrogen-bond donors (Lipinski definition) is 1. The maximum absolute atomic E-state index is 5.67. The molecule has 0 fully saturated rings. The zero-order valence-electron chi connectivity index (χ0n) is 7.43. The Labute approximate surface area is 85.8 Å². The molecular weight excluding hydrogens is 189 g/mol. The van der Waals surface area contributed by atoms with Gasteiger partial charge in [0.2, 0.25) is 22.2 Å². The summed E-state index contributed by atoms with van der Waals surface area (Å²) in [4.78, 5) is 7.63. The van der Waals surface area contributed by atoms with E-state index in [1.54, 1.807) is 0 Å². The Bertz CT molecular complexity index is 242.